The van der Waals surface area contributed by atoms with Crippen LogP contribution in [0.4, 0.5) is 4.39 Å². The normalized spacial score (nSPS) is 15.6. The molecule has 0 radical (unpaired) electrons. The predicted octanol–water partition coefficient (Wildman–Crippen LogP) is 3.46. The molecular formula is C19H12FN3O3S2. The zero-order valence-electron chi connectivity index (χ0n) is 14.5. The summed E-state index contributed by atoms with van der Waals surface area (Å²) in [5.74, 6) is -0.388. The summed E-state index contributed by atoms with van der Waals surface area (Å²) in [7, 11) is 1.57. The number of benzene rings is 1. The van der Waals surface area contributed by atoms with Gasteiger partial charge in [-0.25, -0.2) is 4.39 Å². The molecule has 140 valence electrons. The second-order valence-corrected chi connectivity index (χ2v) is 7.54. The molecule has 0 spiro atoms. The first-order chi connectivity index (χ1) is 13.4. The Hall–Kier alpha value is -3.04. The van der Waals surface area contributed by atoms with Crippen molar-refractivity contribution in [3.63, 3.8) is 0 Å². The van der Waals surface area contributed by atoms with Crippen molar-refractivity contribution in [3.05, 3.63) is 75.3 Å². The van der Waals surface area contributed by atoms with Crippen molar-refractivity contribution < 1.29 is 13.9 Å². The van der Waals surface area contributed by atoms with E-state index in [-0.39, 0.29) is 17.4 Å². The number of carbonyl (C=O) groups excluding carboxylic acids is 1. The van der Waals surface area contributed by atoms with Crippen molar-refractivity contribution in [2.24, 2.45) is 0 Å². The van der Waals surface area contributed by atoms with E-state index in [2.05, 4.69) is 4.98 Å². The van der Waals surface area contributed by atoms with Crippen molar-refractivity contribution in [2.75, 3.05) is 7.05 Å². The van der Waals surface area contributed by atoms with Crippen molar-refractivity contribution >= 4 is 45.9 Å². The Balaban J connectivity index is 1.89. The highest BCUT2D eigenvalue weighted by Gasteiger charge is 2.29. The molecule has 0 unspecified atom stereocenters. The van der Waals surface area contributed by atoms with Gasteiger partial charge in [0.05, 0.1) is 4.91 Å². The molecule has 1 fully saturated rings. The molecular weight excluding hydrogens is 401 g/mol. The molecule has 1 amide bonds. The fraction of sp³-hybridized carbons (Fsp3) is 0.0526. The fourth-order valence-corrected chi connectivity index (χ4v) is 3.74. The Kier molecular flexibility index (Phi) is 4.70. The Morgan fingerprint density at radius 2 is 1.93 bits per heavy atom. The van der Waals surface area contributed by atoms with E-state index in [1.807, 2.05) is 0 Å². The van der Waals surface area contributed by atoms with Gasteiger partial charge in [0.1, 0.15) is 27.1 Å². The Labute approximate surface area is 168 Å². The van der Waals surface area contributed by atoms with Crippen LogP contribution in [0.2, 0.25) is 0 Å². The standard InChI is InChI=1S/C19H12FN3O3S2/c1-22-18(25)14(28-19(22)27)10-13-16(26-12-7-5-11(20)6-8-12)21-15-4-2-3-9-23(15)17(13)24/h2-10H,1H3. The van der Waals surface area contributed by atoms with Crippen molar-refractivity contribution in [1.29, 1.82) is 0 Å². The van der Waals surface area contributed by atoms with Crippen molar-refractivity contribution in [2.45, 2.75) is 0 Å². The predicted molar refractivity (Wildman–Crippen MR) is 109 cm³/mol. The molecule has 1 saturated heterocycles. The van der Waals surface area contributed by atoms with E-state index < -0.39 is 11.4 Å². The maximum atomic E-state index is 13.2. The third-order valence-corrected chi connectivity index (χ3v) is 5.51. The summed E-state index contributed by atoms with van der Waals surface area (Å²) in [4.78, 5) is 31.4. The van der Waals surface area contributed by atoms with Crippen molar-refractivity contribution in [3.8, 4) is 11.6 Å². The average Bonchev–Trinajstić information content (AvgIpc) is 2.93. The molecule has 2 aromatic heterocycles. The molecule has 0 saturated carbocycles. The molecule has 1 aromatic carbocycles. The molecule has 1 aliphatic rings. The van der Waals surface area contributed by atoms with Crippen molar-refractivity contribution in [1.82, 2.24) is 14.3 Å². The summed E-state index contributed by atoms with van der Waals surface area (Å²) in [6.07, 6.45) is 3.01. The highest BCUT2D eigenvalue weighted by molar-refractivity contribution is 8.26. The number of rotatable bonds is 3. The van der Waals surface area contributed by atoms with Crippen LogP contribution in [-0.4, -0.2) is 31.6 Å². The fourth-order valence-electron chi connectivity index (χ4n) is 2.57. The first-order valence-corrected chi connectivity index (χ1v) is 9.33. The van der Waals surface area contributed by atoms with Gasteiger partial charge in [-0.15, -0.1) is 0 Å². The van der Waals surface area contributed by atoms with Crippen LogP contribution in [-0.2, 0) is 4.79 Å². The van der Waals surface area contributed by atoms with Crippen LogP contribution < -0.4 is 10.3 Å². The quantitative estimate of drug-likeness (QED) is 0.484. The average molecular weight is 413 g/mol. The van der Waals surface area contributed by atoms with Crippen LogP contribution >= 0.6 is 24.0 Å². The van der Waals surface area contributed by atoms with Crippen LogP contribution in [0.15, 0.2) is 58.4 Å². The second-order valence-electron chi connectivity index (χ2n) is 5.86. The number of fused-ring (bicyclic) bond motifs is 1. The minimum Gasteiger partial charge on any atom is -0.438 e. The zero-order valence-corrected chi connectivity index (χ0v) is 16.1. The van der Waals surface area contributed by atoms with Gasteiger partial charge in [-0.2, -0.15) is 4.98 Å². The van der Waals surface area contributed by atoms with Crippen LogP contribution in [0.25, 0.3) is 11.7 Å². The molecule has 6 nitrogen and oxygen atoms in total. The zero-order chi connectivity index (χ0) is 19.8. The Bertz CT molecular complexity index is 1210. The molecule has 0 N–H and O–H groups in total. The lowest BCUT2D eigenvalue weighted by molar-refractivity contribution is -0.121. The summed E-state index contributed by atoms with van der Waals surface area (Å²) in [6, 6.07) is 10.4. The highest BCUT2D eigenvalue weighted by atomic mass is 32.2. The largest absolute Gasteiger partial charge is 0.438 e. The maximum Gasteiger partial charge on any atom is 0.269 e. The van der Waals surface area contributed by atoms with Gasteiger partial charge in [0.25, 0.3) is 11.5 Å². The van der Waals surface area contributed by atoms with Gasteiger partial charge >= 0.3 is 0 Å². The van der Waals surface area contributed by atoms with E-state index in [0.29, 0.717) is 20.6 Å². The smallest absolute Gasteiger partial charge is 0.269 e. The summed E-state index contributed by atoms with van der Waals surface area (Å²) in [6.45, 7) is 0. The molecule has 0 bridgehead atoms. The number of nitrogens with zero attached hydrogens (tertiary/aromatic N) is 3. The van der Waals surface area contributed by atoms with Gasteiger partial charge in [-0.1, -0.05) is 30.0 Å². The van der Waals surface area contributed by atoms with E-state index in [0.717, 1.165) is 11.8 Å². The lowest BCUT2D eigenvalue weighted by Gasteiger charge is -2.10. The first kappa shape index (κ1) is 18.3. The Morgan fingerprint density at radius 1 is 1.18 bits per heavy atom. The summed E-state index contributed by atoms with van der Waals surface area (Å²) < 4.78 is 20.7. The number of halogens is 1. The van der Waals surface area contributed by atoms with Gasteiger partial charge in [0, 0.05) is 13.2 Å². The minimum absolute atomic E-state index is 0.0178. The number of amides is 1. The highest BCUT2D eigenvalue weighted by Crippen LogP contribution is 2.33. The van der Waals surface area contributed by atoms with Gasteiger partial charge in [0.15, 0.2) is 0 Å². The molecule has 3 heterocycles. The number of pyridine rings is 1. The van der Waals surface area contributed by atoms with Gasteiger partial charge < -0.3 is 4.74 Å². The van der Waals surface area contributed by atoms with Crippen LogP contribution in [0, 0.1) is 5.82 Å². The molecule has 0 aliphatic carbocycles. The number of thiocarbonyl (C=S) groups is 1. The van der Waals surface area contributed by atoms with E-state index >= 15 is 0 Å². The number of carbonyl (C=O) groups is 1. The Morgan fingerprint density at radius 3 is 2.61 bits per heavy atom. The minimum atomic E-state index is -0.411. The van der Waals surface area contributed by atoms with E-state index in [1.54, 1.807) is 31.4 Å². The lowest BCUT2D eigenvalue weighted by atomic mass is 10.2. The van der Waals surface area contributed by atoms with Crippen LogP contribution in [0.3, 0.4) is 0 Å². The van der Waals surface area contributed by atoms with E-state index in [4.69, 9.17) is 17.0 Å². The molecule has 9 heteroatoms. The third-order valence-electron chi connectivity index (χ3n) is 4.02. The monoisotopic (exact) mass is 413 g/mol. The van der Waals surface area contributed by atoms with Crippen LogP contribution in [0.1, 0.15) is 5.56 Å². The molecule has 1 aliphatic heterocycles. The number of hydrogen-bond acceptors (Lipinski definition) is 6. The topological polar surface area (TPSA) is 63.9 Å². The SMILES string of the molecule is CN1C(=O)C(=Cc2c(Oc3ccc(F)cc3)nc3ccccn3c2=O)SC1=S. The molecule has 28 heavy (non-hydrogen) atoms. The summed E-state index contributed by atoms with van der Waals surface area (Å²) in [5, 5.41) is 0. The number of ether oxygens (including phenoxy) is 1. The van der Waals surface area contributed by atoms with E-state index in [9.17, 15) is 14.0 Å². The number of thioether (sulfide) groups is 1. The van der Waals surface area contributed by atoms with E-state index in [1.165, 1.54) is 39.6 Å². The number of hydrogen-bond donors (Lipinski definition) is 0. The summed E-state index contributed by atoms with van der Waals surface area (Å²) in [5.41, 5.74) is 0.0795. The molecule has 3 aromatic rings. The number of likely N-dealkylation sites (N-methyl/N-ethyl adjacent to an activating group) is 1. The third kappa shape index (κ3) is 3.30. The second kappa shape index (κ2) is 7.17. The van der Waals surface area contributed by atoms with Gasteiger partial charge in [-0.3, -0.25) is 18.9 Å². The first-order valence-electron chi connectivity index (χ1n) is 8.10. The number of aromatic nitrogens is 2. The van der Waals surface area contributed by atoms with Gasteiger partial charge in [-0.05, 0) is 42.5 Å². The lowest BCUT2D eigenvalue weighted by Crippen LogP contribution is -2.22. The van der Waals surface area contributed by atoms with Crippen LogP contribution in [0.5, 0.6) is 11.6 Å². The molecule has 4 rings (SSSR count). The maximum absolute atomic E-state index is 13.2. The van der Waals surface area contributed by atoms with Gasteiger partial charge in [0.2, 0.25) is 5.88 Å². The summed E-state index contributed by atoms with van der Waals surface area (Å²) >= 11 is 6.23. The molecule has 0 atom stereocenters.